The fourth-order valence-electron chi connectivity index (χ4n) is 5.26. The Morgan fingerprint density at radius 3 is 2.31 bits per heavy atom. The third-order valence-corrected chi connectivity index (χ3v) is 7.49. The Bertz CT molecular complexity index is 1040. The van der Waals surface area contributed by atoms with E-state index < -0.39 is 18.0 Å². The van der Waals surface area contributed by atoms with E-state index in [-0.39, 0.29) is 43.4 Å². The number of aliphatic carboxylic acids is 1. The Morgan fingerprint density at radius 1 is 1.09 bits per heavy atom. The predicted molar refractivity (Wildman–Crippen MR) is 133 cm³/mol. The van der Waals surface area contributed by atoms with E-state index in [0.717, 1.165) is 11.1 Å². The summed E-state index contributed by atoms with van der Waals surface area (Å²) in [6.07, 6.45) is 1.64. The molecule has 35 heavy (non-hydrogen) atoms. The maximum Gasteiger partial charge on any atom is 0.407 e. The molecule has 1 aliphatic carbocycles. The van der Waals surface area contributed by atoms with E-state index in [2.05, 4.69) is 29.6 Å². The SMILES string of the molecule is CCC(CCC(=O)N1CCC(C)C(C(=O)O)C1)NC(=O)OCC1c2ccccc2-c2ccccc21. The highest BCUT2D eigenvalue weighted by molar-refractivity contribution is 5.79. The maximum absolute atomic E-state index is 12.7. The van der Waals surface area contributed by atoms with Gasteiger partial charge in [0.2, 0.25) is 5.91 Å². The van der Waals surface area contributed by atoms with Gasteiger partial charge in [-0.05, 0) is 47.4 Å². The van der Waals surface area contributed by atoms with Gasteiger partial charge in [0.15, 0.2) is 0 Å². The molecular weight excluding hydrogens is 444 g/mol. The fraction of sp³-hybridized carbons (Fsp3) is 0.464. The van der Waals surface area contributed by atoms with Crippen molar-refractivity contribution in [1.29, 1.82) is 0 Å². The van der Waals surface area contributed by atoms with Crippen LogP contribution in [-0.2, 0) is 14.3 Å². The average molecular weight is 479 g/mol. The summed E-state index contributed by atoms with van der Waals surface area (Å²) in [7, 11) is 0. The summed E-state index contributed by atoms with van der Waals surface area (Å²) in [6.45, 7) is 4.97. The van der Waals surface area contributed by atoms with Gasteiger partial charge in [0.1, 0.15) is 6.61 Å². The number of fused-ring (bicyclic) bond motifs is 3. The molecule has 3 atom stereocenters. The molecule has 0 spiro atoms. The first kappa shape index (κ1) is 24.8. The standard InChI is InChI=1S/C28H34N2O5/c1-3-19(12-13-26(31)30-15-14-18(2)24(16-30)27(32)33)29-28(34)35-17-25-22-10-6-4-8-20(22)21-9-5-7-11-23(21)25/h4-11,18-19,24-25H,3,12-17H2,1-2H3,(H,29,34)(H,32,33). The van der Waals surface area contributed by atoms with Gasteiger partial charge in [-0.2, -0.15) is 0 Å². The summed E-state index contributed by atoms with van der Waals surface area (Å²) in [5.41, 5.74) is 4.68. The van der Waals surface area contributed by atoms with Crippen LogP contribution in [0.15, 0.2) is 48.5 Å². The van der Waals surface area contributed by atoms with Crippen molar-refractivity contribution < 1.29 is 24.2 Å². The van der Waals surface area contributed by atoms with E-state index in [9.17, 15) is 19.5 Å². The fourth-order valence-corrected chi connectivity index (χ4v) is 5.26. The lowest BCUT2D eigenvalue weighted by molar-refractivity contribution is -0.148. The molecule has 4 rings (SSSR count). The number of ether oxygens (including phenoxy) is 1. The lowest BCUT2D eigenvalue weighted by Crippen LogP contribution is -2.46. The largest absolute Gasteiger partial charge is 0.481 e. The summed E-state index contributed by atoms with van der Waals surface area (Å²) >= 11 is 0. The number of hydrogen-bond donors (Lipinski definition) is 2. The van der Waals surface area contributed by atoms with Crippen LogP contribution in [-0.4, -0.2) is 53.7 Å². The summed E-state index contributed by atoms with van der Waals surface area (Å²) in [6, 6.07) is 16.2. The minimum absolute atomic E-state index is 0.00141. The molecule has 3 unspecified atom stereocenters. The van der Waals surface area contributed by atoms with Crippen LogP contribution in [0, 0.1) is 11.8 Å². The van der Waals surface area contributed by atoms with Crippen molar-refractivity contribution in [2.75, 3.05) is 19.7 Å². The van der Waals surface area contributed by atoms with Crippen LogP contribution in [0.5, 0.6) is 0 Å². The highest BCUT2D eigenvalue weighted by Gasteiger charge is 2.33. The van der Waals surface area contributed by atoms with Crippen LogP contribution in [0.3, 0.4) is 0 Å². The van der Waals surface area contributed by atoms with Crippen molar-refractivity contribution in [2.45, 2.75) is 51.5 Å². The number of amides is 2. The highest BCUT2D eigenvalue weighted by Crippen LogP contribution is 2.44. The Balaban J connectivity index is 1.28. The number of carboxylic acid groups (broad SMARTS) is 1. The number of carboxylic acids is 1. The molecule has 1 fully saturated rings. The van der Waals surface area contributed by atoms with Crippen LogP contribution < -0.4 is 5.32 Å². The van der Waals surface area contributed by atoms with E-state index in [1.807, 2.05) is 38.1 Å². The summed E-state index contributed by atoms with van der Waals surface area (Å²) in [5, 5.41) is 12.3. The van der Waals surface area contributed by atoms with Gasteiger partial charge in [-0.3, -0.25) is 9.59 Å². The molecule has 2 amide bonds. The minimum atomic E-state index is -0.849. The molecule has 1 heterocycles. The first-order chi connectivity index (χ1) is 16.9. The average Bonchev–Trinajstić information content (AvgIpc) is 3.18. The normalized spacial score (nSPS) is 20.0. The molecule has 1 aliphatic heterocycles. The van der Waals surface area contributed by atoms with E-state index in [1.54, 1.807) is 4.90 Å². The lowest BCUT2D eigenvalue weighted by atomic mass is 9.87. The van der Waals surface area contributed by atoms with Gasteiger partial charge in [0.25, 0.3) is 0 Å². The molecule has 0 aromatic heterocycles. The zero-order valence-electron chi connectivity index (χ0n) is 20.4. The second-order valence-electron chi connectivity index (χ2n) is 9.66. The van der Waals surface area contributed by atoms with Crippen molar-refractivity contribution in [1.82, 2.24) is 10.2 Å². The highest BCUT2D eigenvalue weighted by atomic mass is 16.5. The molecule has 7 heteroatoms. The van der Waals surface area contributed by atoms with Crippen molar-refractivity contribution in [3.8, 4) is 11.1 Å². The number of hydrogen-bond acceptors (Lipinski definition) is 4. The van der Waals surface area contributed by atoms with Gasteiger partial charge < -0.3 is 20.1 Å². The number of nitrogens with one attached hydrogen (secondary N) is 1. The van der Waals surface area contributed by atoms with E-state index >= 15 is 0 Å². The van der Waals surface area contributed by atoms with Gasteiger partial charge in [0.05, 0.1) is 5.92 Å². The minimum Gasteiger partial charge on any atom is -0.481 e. The second kappa shape index (κ2) is 10.9. The number of nitrogens with zero attached hydrogens (tertiary/aromatic N) is 1. The van der Waals surface area contributed by atoms with Gasteiger partial charge in [-0.1, -0.05) is 62.4 Å². The van der Waals surface area contributed by atoms with Gasteiger partial charge in [-0.15, -0.1) is 0 Å². The number of rotatable bonds is 8. The number of likely N-dealkylation sites (tertiary alicyclic amines) is 1. The molecule has 2 aliphatic rings. The number of piperidine rings is 1. The van der Waals surface area contributed by atoms with Crippen molar-refractivity contribution in [3.63, 3.8) is 0 Å². The summed E-state index contributed by atoms with van der Waals surface area (Å²) < 4.78 is 5.64. The van der Waals surface area contributed by atoms with Crippen LogP contribution in [0.2, 0.25) is 0 Å². The third kappa shape index (κ3) is 5.50. The molecule has 0 bridgehead atoms. The predicted octanol–water partition coefficient (Wildman–Crippen LogP) is 4.65. The quantitative estimate of drug-likeness (QED) is 0.576. The number of carbonyl (C=O) groups is 3. The summed E-state index contributed by atoms with van der Waals surface area (Å²) in [4.78, 5) is 38.4. The number of alkyl carbamates (subject to hydrolysis) is 1. The van der Waals surface area contributed by atoms with Crippen LogP contribution in [0.1, 0.15) is 56.6 Å². The van der Waals surface area contributed by atoms with Crippen LogP contribution in [0.4, 0.5) is 4.79 Å². The second-order valence-corrected chi connectivity index (χ2v) is 9.66. The van der Waals surface area contributed by atoms with Crippen molar-refractivity contribution in [3.05, 3.63) is 59.7 Å². The van der Waals surface area contributed by atoms with Gasteiger partial charge in [0, 0.05) is 31.5 Å². The van der Waals surface area contributed by atoms with Crippen LogP contribution in [0.25, 0.3) is 11.1 Å². The van der Waals surface area contributed by atoms with Crippen molar-refractivity contribution in [2.24, 2.45) is 11.8 Å². The molecule has 0 radical (unpaired) electrons. The Morgan fingerprint density at radius 2 is 1.71 bits per heavy atom. The monoisotopic (exact) mass is 478 g/mol. The van der Waals surface area contributed by atoms with Crippen LogP contribution >= 0.6 is 0 Å². The van der Waals surface area contributed by atoms with Gasteiger partial charge >= 0.3 is 12.1 Å². The topological polar surface area (TPSA) is 95.9 Å². The Hall–Kier alpha value is -3.35. The molecule has 2 aromatic rings. The molecule has 0 saturated carbocycles. The molecule has 2 N–H and O–H groups in total. The third-order valence-electron chi connectivity index (χ3n) is 7.49. The van der Waals surface area contributed by atoms with E-state index in [4.69, 9.17) is 4.74 Å². The number of carbonyl (C=O) groups excluding carboxylic acids is 2. The molecule has 7 nitrogen and oxygen atoms in total. The van der Waals surface area contributed by atoms with E-state index in [0.29, 0.717) is 25.8 Å². The molecule has 1 saturated heterocycles. The first-order valence-corrected chi connectivity index (χ1v) is 12.5. The van der Waals surface area contributed by atoms with Gasteiger partial charge in [-0.25, -0.2) is 4.79 Å². The smallest absolute Gasteiger partial charge is 0.407 e. The molecule has 2 aromatic carbocycles. The Labute approximate surface area is 206 Å². The molecule has 186 valence electrons. The first-order valence-electron chi connectivity index (χ1n) is 12.5. The Kier molecular flexibility index (Phi) is 7.73. The van der Waals surface area contributed by atoms with E-state index in [1.165, 1.54) is 11.1 Å². The summed E-state index contributed by atoms with van der Waals surface area (Å²) in [5.74, 6) is -1.36. The zero-order chi connectivity index (χ0) is 24.9. The molecular formula is C28H34N2O5. The lowest BCUT2D eigenvalue weighted by Gasteiger charge is -2.35. The number of benzene rings is 2. The maximum atomic E-state index is 12.7. The van der Waals surface area contributed by atoms with Crippen molar-refractivity contribution >= 4 is 18.0 Å². The zero-order valence-corrected chi connectivity index (χ0v) is 20.4.